The van der Waals surface area contributed by atoms with Crippen molar-refractivity contribution in [3.8, 4) is 12.1 Å². The summed E-state index contributed by atoms with van der Waals surface area (Å²) < 4.78 is 65.8. The van der Waals surface area contributed by atoms with Crippen LogP contribution in [0.1, 0.15) is 11.1 Å². The van der Waals surface area contributed by atoms with Crippen LogP contribution in [-0.4, -0.2) is 7.25 Å². The third-order valence-corrected chi connectivity index (χ3v) is 8.22. The van der Waals surface area contributed by atoms with Crippen molar-refractivity contribution in [3.05, 3.63) is 139 Å². The summed E-state index contributed by atoms with van der Waals surface area (Å²) in [6.07, 6.45) is 0. The first-order chi connectivity index (χ1) is 23.6. The summed E-state index contributed by atoms with van der Waals surface area (Å²) in [5, 5.41) is 35.0. The molecule has 0 radical (unpaired) electrons. The molecule has 0 bridgehead atoms. The van der Waals surface area contributed by atoms with Crippen LogP contribution in [0.25, 0.3) is 4.98 Å². The number of nitrogens with one attached hydrogen (secondary N) is 2. The quantitative estimate of drug-likeness (QED) is 0.101. The van der Waals surface area contributed by atoms with E-state index in [4.69, 9.17) is 57.1 Å². The minimum atomic E-state index is -6.00. The molecule has 0 heterocycles. The number of nitriles is 2. The smallest absolute Gasteiger partial charge is 0.418 e. The van der Waals surface area contributed by atoms with Crippen LogP contribution in [0.5, 0.6) is 0 Å². The summed E-state index contributed by atoms with van der Waals surface area (Å²) in [7, 11) is -6.00. The molecule has 254 valence electrons. The number of para-hydroxylation sites is 2. The van der Waals surface area contributed by atoms with E-state index in [9.17, 15) is 31.3 Å². The summed E-state index contributed by atoms with van der Waals surface area (Å²) in [4.78, 5) is 3.94. The molecule has 6 nitrogen and oxygen atoms in total. The molecular formula is C32H17BCl4F6N6S. The summed E-state index contributed by atoms with van der Waals surface area (Å²) in [5.74, 6) is -1.29. The molecule has 0 aromatic heterocycles. The summed E-state index contributed by atoms with van der Waals surface area (Å²) in [5.41, 5.74) is 3.04. The van der Waals surface area contributed by atoms with Crippen molar-refractivity contribution in [1.29, 1.82) is 15.9 Å². The summed E-state index contributed by atoms with van der Waals surface area (Å²) in [6, 6.07) is 27.3. The molecule has 50 heavy (non-hydrogen) atoms. The SMILES string of the molecule is F[B-](F)(F)F.N#Cc1cc(Sc2ccc(F)cc2F)ccc1Nc1c(Cl)cccc1Cl.N#Cc1cc([N+]#N)ccc1Nc1c(Cl)cccc1Cl. The largest absolute Gasteiger partial charge is 0.673 e. The highest BCUT2D eigenvalue weighted by atomic mass is 35.5. The molecule has 0 aliphatic carbocycles. The molecule has 0 saturated heterocycles. The topological polar surface area (TPSA) is 99.8 Å². The van der Waals surface area contributed by atoms with Crippen LogP contribution in [-0.2, 0) is 0 Å². The Morgan fingerprint density at radius 3 is 1.54 bits per heavy atom. The van der Waals surface area contributed by atoms with Gasteiger partial charge in [-0.15, -0.1) is 0 Å². The van der Waals surface area contributed by atoms with Crippen molar-refractivity contribution in [2.75, 3.05) is 10.6 Å². The monoisotopic (exact) mass is 782 g/mol. The van der Waals surface area contributed by atoms with E-state index in [0.717, 1.165) is 17.8 Å². The molecule has 0 fully saturated rings. The van der Waals surface area contributed by atoms with Gasteiger partial charge in [-0.25, -0.2) is 8.78 Å². The number of nitrogens with zero attached hydrogens (tertiary/aromatic N) is 4. The second kappa shape index (κ2) is 18.3. The molecular weight excluding hydrogens is 767 g/mol. The predicted molar refractivity (Wildman–Crippen MR) is 187 cm³/mol. The fourth-order valence-corrected chi connectivity index (χ4v) is 5.62. The van der Waals surface area contributed by atoms with E-state index in [1.54, 1.807) is 66.7 Å². The summed E-state index contributed by atoms with van der Waals surface area (Å²) in [6.45, 7) is 0. The highest BCUT2D eigenvalue weighted by molar-refractivity contribution is 7.99. The van der Waals surface area contributed by atoms with Crippen molar-refractivity contribution in [1.82, 2.24) is 0 Å². The zero-order valence-corrected chi connectivity index (χ0v) is 28.6. The van der Waals surface area contributed by atoms with E-state index in [-0.39, 0.29) is 4.90 Å². The molecule has 0 aliphatic rings. The Bertz CT molecular complexity index is 2090. The molecule has 5 rings (SSSR count). The Labute approximate surface area is 305 Å². The Morgan fingerprint density at radius 2 is 1.10 bits per heavy atom. The average molecular weight is 784 g/mol. The standard InChI is InChI=1S/C19H10Cl2F2N2S.C13H7Cl2N4.BF4/c20-14-2-1-3-15(21)19(14)25-17-6-5-13(8-11(17)10-24)26-18-7-4-12(22)9-16(18)23;14-10-2-1-3-11(15)13(10)18-12-5-4-9(19-17)6-8(12)7-16;2-1(3,4)5/h1-9,25H;1-6,18H;/q;+1;-1. The molecule has 0 unspecified atom stereocenters. The number of rotatable bonds is 6. The van der Waals surface area contributed by atoms with Crippen LogP contribution < -0.4 is 10.6 Å². The number of diazo groups is 1. The van der Waals surface area contributed by atoms with Gasteiger partial charge in [-0.05, 0) is 60.7 Å². The molecule has 0 amide bonds. The Kier molecular flexibility index (Phi) is 14.5. The molecule has 0 saturated carbocycles. The van der Waals surface area contributed by atoms with Crippen LogP contribution in [0.4, 0.5) is 54.5 Å². The number of benzene rings is 5. The van der Waals surface area contributed by atoms with Gasteiger partial charge in [-0.1, -0.05) is 70.3 Å². The Morgan fingerprint density at radius 1 is 0.640 bits per heavy atom. The fourth-order valence-electron chi connectivity index (χ4n) is 3.77. The van der Waals surface area contributed by atoms with Gasteiger partial charge in [0, 0.05) is 21.9 Å². The van der Waals surface area contributed by atoms with Gasteiger partial charge in [0.25, 0.3) is 0 Å². The average Bonchev–Trinajstić information content (AvgIpc) is 3.06. The van der Waals surface area contributed by atoms with Gasteiger partial charge < -0.3 is 27.9 Å². The summed E-state index contributed by atoms with van der Waals surface area (Å²) >= 11 is 25.5. The molecule has 0 spiro atoms. The van der Waals surface area contributed by atoms with Crippen molar-refractivity contribution < 1.29 is 26.0 Å². The highest BCUT2D eigenvalue weighted by Crippen LogP contribution is 2.37. The number of anilines is 4. The Balaban J connectivity index is 0.000000247. The van der Waals surface area contributed by atoms with Crippen LogP contribution in [0.3, 0.4) is 0 Å². The van der Waals surface area contributed by atoms with Gasteiger partial charge in [0.2, 0.25) is 5.39 Å². The maximum Gasteiger partial charge on any atom is 0.673 e. The minimum absolute atomic E-state index is 0.269. The van der Waals surface area contributed by atoms with Crippen molar-refractivity contribution >= 4 is 93.9 Å². The first-order valence-corrected chi connectivity index (χ1v) is 15.8. The molecule has 0 aliphatic heterocycles. The number of hydrogen-bond donors (Lipinski definition) is 2. The van der Waals surface area contributed by atoms with E-state index in [2.05, 4.69) is 21.7 Å². The van der Waals surface area contributed by atoms with Crippen LogP contribution in [0, 0.1) is 39.7 Å². The van der Waals surface area contributed by atoms with Crippen molar-refractivity contribution in [3.63, 3.8) is 0 Å². The lowest BCUT2D eigenvalue weighted by atomic mass is 10.1. The van der Waals surface area contributed by atoms with Crippen molar-refractivity contribution in [2.24, 2.45) is 0 Å². The van der Waals surface area contributed by atoms with E-state index in [1.165, 1.54) is 18.2 Å². The van der Waals surface area contributed by atoms with Crippen LogP contribution in [0.2, 0.25) is 20.1 Å². The lowest BCUT2D eigenvalue weighted by molar-refractivity contribution is 0.368. The third kappa shape index (κ3) is 12.0. The van der Waals surface area contributed by atoms with E-state index in [0.29, 0.717) is 64.5 Å². The molecule has 5 aromatic carbocycles. The molecule has 2 N–H and O–H groups in total. The van der Waals surface area contributed by atoms with Gasteiger partial charge >= 0.3 is 12.9 Å². The second-order valence-corrected chi connectivity index (χ2v) is 12.1. The van der Waals surface area contributed by atoms with Crippen LogP contribution in [0.15, 0.2) is 101 Å². The Hall–Kier alpha value is -4.75. The van der Waals surface area contributed by atoms with Gasteiger partial charge in [-0.2, -0.15) is 10.5 Å². The first-order valence-electron chi connectivity index (χ1n) is 13.5. The fraction of sp³-hybridized carbons (Fsp3) is 0. The lowest BCUT2D eigenvalue weighted by Gasteiger charge is -2.12. The van der Waals surface area contributed by atoms with Gasteiger partial charge in [0.15, 0.2) is 4.98 Å². The maximum absolute atomic E-state index is 13.8. The zero-order chi connectivity index (χ0) is 37.0. The van der Waals surface area contributed by atoms with Gasteiger partial charge in [-0.3, -0.25) is 0 Å². The third-order valence-electron chi connectivity index (χ3n) is 5.92. The van der Waals surface area contributed by atoms with Gasteiger partial charge in [0.05, 0.1) is 60.0 Å². The second-order valence-electron chi connectivity index (χ2n) is 9.38. The zero-order valence-electron chi connectivity index (χ0n) is 24.7. The van der Waals surface area contributed by atoms with E-state index >= 15 is 0 Å². The highest BCUT2D eigenvalue weighted by Gasteiger charge is 2.20. The van der Waals surface area contributed by atoms with E-state index < -0.39 is 18.9 Å². The molecule has 0 atom stereocenters. The lowest BCUT2D eigenvalue weighted by Crippen LogP contribution is -2.02. The molecule has 5 aromatic rings. The van der Waals surface area contributed by atoms with Crippen LogP contribution >= 0.6 is 58.2 Å². The molecule has 18 heteroatoms. The predicted octanol–water partition coefficient (Wildman–Crippen LogP) is 13.4. The van der Waals surface area contributed by atoms with Gasteiger partial charge in [0.1, 0.15) is 23.8 Å². The number of hydrogen-bond acceptors (Lipinski definition) is 6. The number of halogens is 10. The maximum atomic E-state index is 13.8. The van der Waals surface area contributed by atoms with Crippen molar-refractivity contribution in [2.45, 2.75) is 9.79 Å². The first kappa shape index (κ1) is 39.7. The van der Waals surface area contributed by atoms with E-state index in [1.807, 2.05) is 6.07 Å². The minimum Gasteiger partial charge on any atom is -0.418 e. The normalized spacial score (nSPS) is 10.2.